The number of nitrogens with zero attached hydrogens (tertiary/aromatic N) is 2. The molecule has 8 heteroatoms. The Labute approximate surface area is 230 Å². The molecule has 1 amide bonds. The average molecular weight is 534 g/mol. The van der Waals surface area contributed by atoms with E-state index in [9.17, 15) is 19.7 Å². The van der Waals surface area contributed by atoms with Crippen LogP contribution in [0.5, 0.6) is 5.75 Å². The van der Waals surface area contributed by atoms with Crippen molar-refractivity contribution in [1.82, 2.24) is 4.90 Å². The van der Waals surface area contributed by atoms with Gasteiger partial charge in [-0.05, 0) is 60.0 Å². The number of nitrogens with one attached hydrogen (secondary N) is 1. The summed E-state index contributed by atoms with van der Waals surface area (Å²) in [6.07, 6.45) is 1.64. The van der Waals surface area contributed by atoms with E-state index in [-0.39, 0.29) is 23.4 Å². The lowest BCUT2D eigenvalue weighted by Crippen LogP contribution is -2.52. The molecule has 4 aromatic rings. The van der Waals surface area contributed by atoms with Crippen LogP contribution in [0, 0.1) is 16.0 Å². The van der Waals surface area contributed by atoms with Gasteiger partial charge in [-0.1, -0.05) is 48.5 Å². The monoisotopic (exact) mass is 533 g/mol. The topological polar surface area (TPSA) is 102 Å². The Morgan fingerprint density at radius 3 is 2.65 bits per heavy atom. The van der Waals surface area contributed by atoms with Crippen LogP contribution in [0.2, 0.25) is 0 Å². The fraction of sp³-hybridized carbons (Fsp3) is 0.250. The van der Waals surface area contributed by atoms with Gasteiger partial charge in [-0.25, -0.2) is 0 Å². The van der Waals surface area contributed by atoms with E-state index in [1.807, 2.05) is 60.7 Å². The molecule has 2 saturated heterocycles. The van der Waals surface area contributed by atoms with Crippen LogP contribution in [0.3, 0.4) is 0 Å². The van der Waals surface area contributed by atoms with Crippen LogP contribution in [-0.2, 0) is 10.3 Å². The molecular weight excluding hydrogens is 506 g/mol. The first-order valence-electron chi connectivity index (χ1n) is 13.5. The van der Waals surface area contributed by atoms with Crippen molar-refractivity contribution in [3.63, 3.8) is 0 Å². The van der Waals surface area contributed by atoms with Gasteiger partial charge in [-0.15, -0.1) is 0 Å². The zero-order valence-electron chi connectivity index (χ0n) is 21.9. The van der Waals surface area contributed by atoms with E-state index in [1.54, 1.807) is 25.3 Å². The van der Waals surface area contributed by atoms with Gasteiger partial charge in [0.15, 0.2) is 5.78 Å². The number of ether oxygens (including phenoxy) is 1. The van der Waals surface area contributed by atoms with E-state index in [0.717, 1.165) is 29.2 Å². The molecule has 3 aliphatic rings. The summed E-state index contributed by atoms with van der Waals surface area (Å²) < 4.78 is 5.55. The second-order valence-electron chi connectivity index (χ2n) is 10.8. The van der Waals surface area contributed by atoms with Crippen molar-refractivity contribution < 1.29 is 19.2 Å². The van der Waals surface area contributed by atoms with Crippen molar-refractivity contribution in [3.05, 3.63) is 112 Å². The van der Waals surface area contributed by atoms with E-state index in [2.05, 4.69) is 10.2 Å². The van der Waals surface area contributed by atoms with Crippen molar-refractivity contribution in [2.75, 3.05) is 19.0 Å². The number of rotatable bonds is 5. The Bertz CT molecular complexity index is 1720. The summed E-state index contributed by atoms with van der Waals surface area (Å²) in [4.78, 5) is 42.6. The molecule has 0 aromatic heterocycles. The van der Waals surface area contributed by atoms with E-state index in [0.29, 0.717) is 29.1 Å². The standard InChI is InChI=1S/C32H27N3O5/c1-40-24-13-14-26-25(18-24)32(31(37)33-26)29(30(36)22-12-11-19-6-2-3-7-20(19)16-22)28(27-10-5-15-34(27)32)21-8-4-9-23(17-21)35(38)39/h2-4,6-9,11-14,16-18,27-29H,5,10,15H2,1H3,(H,33,37)/t27?,28?,29?,32-/m1/s1. The first-order chi connectivity index (χ1) is 19.4. The normalized spacial score (nSPS) is 25.1. The third-order valence-corrected chi connectivity index (χ3v) is 8.99. The quantitative estimate of drug-likeness (QED) is 0.202. The number of nitro benzene ring substituents is 1. The number of hydrogen-bond acceptors (Lipinski definition) is 6. The molecule has 3 heterocycles. The predicted molar refractivity (Wildman–Crippen MR) is 151 cm³/mol. The molecular formula is C32H27N3O5. The van der Waals surface area contributed by atoms with Crippen LogP contribution in [0.1, 0.15) is 40.2 Å². The predicted octanol–water partition coefficient (Wildman–Crippen LogP) is 5.66. The molecule has 1 N–H and O–H groups in total. The summed E-state index contributed by atoms with van der Waals surface area (Å²) in [6, 6.07) is 25.4. The van der Waals surface area contributed by atoms with Gasteiger partial charge in [0, 0.05) is 40.9 Å². The average Bonchev–Trinajstić information content (AvgIpc) is 3.65. The first kappa shape index (κ1) is 24.5. The zero-order chi connectivity index (χ0) is 27.6. The van der Waals surface area contributed by atoms with Crippen LogP contribution >= 0.6 is 0 Å². The van der Waals surface area contributed by atoms with Gasteiger partial charge in [0.25, 0.3) is 5.69 Å². The van der Waals surface area contributed by atoms with Crippen LogP contribution in [0.15, 0.2) is 84.9 Å². The lowest BCUT2D eigenvalue weighted by molar-refractivity contribution is -0.384. The number of carbonyl (C=O) groups is 2. The Kier molecular flexibility index (Phi) is 5.50. The summed E-state index contributed by atoms with van der Waals surface area (Å²) in [5.74, 6) is -1.03. The highest BCUT2D eigenvalue weighted by atomic mass is 16.6. The maximum Gasteiger partial charge on any atom is 0.269 e. The number of fused-ring (bicyclic) bond motifs is 5. The summed E-state index contributed by atoms with van der Waals surface area (Å²) in [7, 11) is 1.58. The van der Waals surface area contributed by atoms with E-state index < -0.39 is 22.3 Å². The van der Waals surface area contributed by atoms with Gasteiger partial charge in [-0.3, -0.25) is 24.6 Å². The molecule has 200 valence electrons. The molecule has 1 spiro atoms. The second-order valence-corrected chi connectivity index (χ2v) is 10.8. The van der Waals surface area contributed by atoms with Crippen molar-refractivity contribution in [3.8, 4) is 5.75 Å². The van der Waals surface area contributed by atoms with Crippen LogP contribution in [-0.4, -0.2) is 41.2 Å². The molecule has 7 rings (SSSR count). The third kappa shape index (κ3) is 3.35. The van der Waals surface area contributed by atoms with E-state index in [4.69, 9.17) is 4.74 Å². The van der Waals surface area contributed by atoms with E-state index in [1.165, 1.54) is 6.07 Å². The van der Waals surface area contributed by atoms with Gasteiger partial charge >= 0.3 is 0 Å². The highest BCUT2D eigenvalue weighted by Crippen LogP contribution is 2.61. The summed E-state index contributed by atoms with van der Waals surface area (Å²) in [5.41, 5.74) is 1.29. The maximum absolute atomic E-state index is 14.8. The molecule has 0 aliphatic carbocycles. The lowest BCUT2D eigenvalue weighted by Gasteiger charge is -2.37. The van der Waals surface area contributed by atoms with Crippen LogP contribution < -0.4 is 10.1 Å². The van der Waals surface area contributed by atoms with Crippen molar-refractivity contribution in [2.24, 2.45) is 5.92 Å². The lowest BCUT2D eigenvalue weighted by atomic mass is 9.68. The van der Waals surface area contributed by atoms with Crippen molar-refractivity contribution >= 4 is 33.8 Å². The van der Waals surface area contributed by atoms with Gasteiger partial charge in [-0.2, -0.15) is 0 Å². The Hall–Kier alpha value is -4.56. The van der Waals surface area contributed by atoms with Crippen LogP contribution in [0.25, 0.3) is 10.8 Å². The van der Waals surface area contributed by atoms with Gasteiger partial charge in [0.2, 0.25) is 5.91 Å². The molecule has 3 aliphatic heterocycles. The highest BCUT2D eigenvalue weighted by molar-refractivity contribution is 6.13. The highest BCUT2D eigenvalue weighted by Gasteiger charge is 2.69. The Morgan fingerprint density at radius 1 is 1.02 bits per heavy atom. The molecule has 40 heavy (non-hydrogen) atoms. The smallest absolute Gasteiger partial charge is 0.269 e. The van der Waals surface area contributed by atoms with Gasteiger partial charge < -0.3 is 10.1 Å². The van der Waals surface area contributed by atoms with Gasteiger partial charge in [0.1, 0.15) is 11.3 Å². The molecule has 0 bridgehead atoms. The number of nitro groups is 1. The van der Waals surface area contributed by atoms with Gasteiger partial charge in [0.05, 0.1) is 18.0 Å². The SMILES string of the molecule is COc1ccc2c(c1)[C@]1(C(=O)N2)C(C(=O)c2ccc3ccccc3c2)C(c2cccc([N+](=O)[O-])c2)C2CCCN21. The van der Waals surface area contributed by atoms with E-state index >= 15 is 0 Å². The molecule has 0 saturated carbocycles. The first-order valence-corrected chi connectivity index (χ1v) is 13.5. The molecule has 4 atom stereocenters. The number of carbonyl (C=O) groups excluding carboxylic acids is 2. The Morgan fingerprint density at radius 2 is 1.85 bits per heavy atom. The molecule has 4 aromatic carbocycles. The molecule has 0 radical (unpaired) electrons. The zero-order valence-corrected chi connectivity index (χ0v) is 21.9. The minimum atomic E-state index is -1.27. The number of anilines is 1. The number of ketones is 1. The summed E-state index contributed by atoms with van der Waals surface area (Å²) >= 11 is 0. The number of amides is 1. The number of non-ortho nitro benzene ring substituents is 1. The fourth-order valence-electron chi connectivity index (χ4n) is 7.41. The Balaban J connectivity index is 1.49. The number of methoxy groups -OCH3 is 1. The number of benzene rings is 4. The minimum absolute atomic E-state index is 0.0298. The minimum Gasteiger partial charge on any atom is -0.497 e. The molecule has 2 fully saturated rings. The largest absolute Gasteiger partial charge is 0.497 e. The second kappa shape index (κ2) is 8.99. The fourth-order valence-corrected chi connectivity index (χ4v) is 7.41. The number of Topliss-reactive ketones (excluding diaryl/α,β-unsaturated/α-hetero) is 1. The maximum atomic E-state index is 14.8. The molecule has 8 nitrogen and oxygen atoms in total. The summed E-state index contributed by atoms with van der Waals surface area (Å²) in [6.45, 7) is 0.641. The van der Waals surface area contributed by atoms with Crippen molar-refractivity contribution in [2.45, 2.75) is 30.3 Å². The summed E-state index contributed by atoms with van der Waals surface area (Å²) in [5, 5.41) is 16.8. The third-order valence-electron chi connectivity index (χ3n) is 8.99. The van der Waals surface area contributed by atoms with Crippen LogP contribution in [0.4, 0.5) is 11.4 Å². The van der Waals surface area contributed by atoms with Crippen molar-refractivity contribution in [1.29, 1.82) is 0 Å². The molecule has 3 unspecified atom stereocenters. The number of hydrogen-bond donors (Lipinski definition) is 1.